The van der Waals surface area contributed by atoms with Gasteiger partial charge in [-0.25, -0.2) is 0 Å². The SMILES string of the molecule is CCC(=O)N1CC(CN2CCC3(CC2)CCN(Cc2ccc(OC)cc2)C3=O)C(c2ccccc2)C1. The summed E-state index contributed by atoms with van der Waals surface area (Å²) in [5.41, 5.74) is 2.29. The molecule has 0 N–H and O–H groups in total. The van der Waals surface area contributed by atoms with E-state index in [-0.39, 0.29) is 11.3 Å². The Kier molecular flexibility index (Phi) is 7.33. The van der Waals surface area contributed by atoms with E-state index in [0.717, 1.165) is 69.8 Å². The standard InChI is InChI=1S/C30H39N3O3/c1-3-28(34)33-21-25(27(22-33)24-7-5-4-6-8-24)20-31-16-13-30(14-17-31)15-18-32(29(30)35)19-23-9-11-26(36-2)12-10-23/h4-12,25,27H,3,13-22H2,1-2H3. The van der Waals surface area contributed by atoms with Gasteiger partial charge in [-0.2, -0.15) is 0 Å². The molecule has 6 nitrogen and oxygen atoms in total. The topological polar surface area (TPSA) is 53.1 Å². The summed E-state index contributed by atoms with van der Waals surface area (Å²) < 4.78 is 5.26. The summed E-state index contributed by atoms with van der Waals surface area (Å²) in [4.78, 5) is 32.6. The molecule has 1 spiro atoms. The van der Waals surface area contributed by atoms with Crippen molar-refractivity contribution in [3.05, 3.63) is 65.7 Å². The van der Waals surface area contributed by atoms with Gasteiger partial charge in [0.25, 0.3) is 0 Å². The van der Waals surface area contributed by atoms with Crippen molar-refractivity contribution in [1.29, 1.82) is 0 Å². The second-order valence-corrected chi connectivity index (χ2v) is 10.8. The molecule has 0 radical (unpaired) electrons. The third kappa shape index (κ3) is 5.01. The number of carbonyl (C=O) groups excluding carboxylic acids is 2. The number of carbonyl (C=O) groups is 2. The molecule has 3 saturated heterocycles. The maximum Gasteiger partial charge on any atom is 0.229 e. The van der Waals surface area contributed by atoms with Crippen molar-refractivity contribution in [3.8, 4) is 5.75 Å². The van der Waals surface area contributed by atoms with Crippen LogP contribution >= 0.6 is 0 Å². The van der Waals surface area contributed by atoms with E-state index < -0.39 is 0 Å². The monoisotopic (exact) mass is 489 g/mol. The lowest BCUT2D eigenvalue weighted by Crippen LogP contribution is -2.46. The molecule has 5 rings (SSSR count). The summed E-state index contributed by atoms with van der Waals surface area (Å²) in [5, 5.41) is 0. The molecule has 192 valence electrons. The van der Waals surface area contributed by atoms with Gasteiger partial charge in [0.1, 0.15) is 5.75 Å². The van der Waals surface area contributed by atoms with Crippen molar-refractivity contribution >= 4 is 11.8 Å². The van der Waals surface area contributed by atoms with Gasteiger partial charge in [-0.15, -0.1) is 0 Å². The molecule has 3 heterocycles. The average Bonchev–Trinajstić information content (AvgIpc) is 3.47. The maximum atomic E-state index is 13.5. The van der Waals surface area contributed by atoms with Crippen LogP contribution in [0.4, 0.5) is 0 Å². The quantitative estimate of drug-likeness (QED) is 0.586. The van der Waals surface area contributed by atoms with E-state index in [0.29, 0.717) is 30.7 Å². The molecule has 0 aromatic heterocycles. The molecular formula is C30H39N3O3. The lowest BCUT2D eigenvalue weighted by Gasteiger charge is -2.39. The number of rotatable bonds is 7. The van der Waals surface area contributed by atoms with Crippen LogP contribution in [0.15, 0.2) is 54.6 Å². The number of hydrogen-bond acceptors (Lipinski definition) is 4. The number of nitrogens with zero attached hydrogens (tertiary/aromatic N) is 3. The van der Waals surface area contributed by atoms with Crippen molar-refractivity contribution < 1.29 is 14.3 Å². The maximum absolute atomic E-state index is 13.5. The van der Waals surface area contributed by atoms with Crippen LogP contribution in [0.3, 0.4) is 0 Å². The highest BCUT2D eigenvalue weighted by molar-refractivity contribution is 5.85. The fraction of sp³-hybridized carbons (Fsp3) is 0.533. The van der Waals surface area contributed by atoms with Crippen molar-refractivity contribution in [1.82, 2.24) is 14.7 Å². The summed E-state index contributed by atoms with van der Waals surface area (Å²) in [6.45, 7) is 8.04. The smallest absolute Gasteiger partial charge is 0.229 e. The lowest BCUT2D eigenvalue weighted by atomic mass is 9.76. The Morgan fingerprint density at radius 1 is 0.972 bits per heavy atom. The first-order chi connectivity index (χ1) is 17.5. The minimum Gasteiger partial charge on any atom is -0.497 e. The van der Waals surface area contributed by atoms with Crippen LogP contribution in [-0.2, 0) is 16.1 Å². The highest BCUT2D eigenvalue weighted by atomic mass is 16.5. The highest BCUT2D eigenvalue weighted by Crippen LogP contribution is 2.43. The number of ether oxygens (including phenoxy) is 1. The van der Waals surface area contributed by atoms with E-state index in [1.54, 1.807) is 7.11 Å². The van der Waals surface area contributed by atoms with E-state index in [1.165, 1.54) is 5.56 Å². The molecule has 2 atom stereocenters. The highest BCUT2D eigenvalue weighted by Gasteiger charge is 2.48. The molecule has 3 fully saturated rings. The number of piperidine rings is 1. The molecular weight excluding hydrogens is 450 g/mol. The molecule has 2 amide bonds. The van der Waals surface area contributed by atoms with Gasteiger partial charge in [-0.1, -0.05) is 49.4 Å². The fourth-order valence-corrected chi connectivity index (χ4v) is 6.52. The van der Waals surface area contributed by atoms with Gasteiger partial charge in [-0.05, 0) is 61.5 Å². The summed E-state index contributed by atoms with van der Waals surface area (Å²) in [7, 11) is 1.67. The van der Waals surface area contributed by atoms with Crippen LogP contribution in [0, 0.1) is 11.3 Å². The van der Waals surface area contributed by atoms with Gasteiger partial charge < -0.3 is 19.4 Å². The van der Waals surface area contributed by atoms with Crippen LogP contribution < -0.4 is 4.74 Å². The largest absolute Gasteiger partial charge is 0.497 e. The number of likely N-dealkylation sites (tertiary alicyclic amines) is 3. The Morgan fingerprint density at radius 3 is 2.33 bits per heavy atom. The van der Waals surface area contributed by atoms with E-state index in [4.69, 9.17) is 4.74 Å². The second kappa shape index (κ2) is 10.6. The van der Waals surface area contributed by atoms with Crippen LogP contribution in [0.1, 0.15) is 49.7 Å². The zero-order valence-corrected chi connectivity index (χ0v) is 21.7. The zero-order valence-electron chi connectivity index (χ0n) is 21.7. The molecule has 0 saturated carbocycles. The first-order valence-electron chi connectivity index (χ1n) is 13.5. The van der Waals surface area contributed by atoms with E-state index in [2.05, 4.69) is 52.3 Å². The van der Waals surface area contributed by atoms with Crippen molar-refractivity contribution in [2.45, 2.75) is 45.1 Å². The molecule has 6 heteroatoms. The first-order valence-corrected chi connectivity index (χ1v) is 13.5. The third-order valence-electron chi connectivity index (χ3n) is 8.76. The van der Waals surface area contributed by atoms with Crippen LogP contribution in [0.5, 0.6) is 5.75 Å². The van der Waals surface area contributed by atoms with E-state index >= 15 is 0 Å². The average molecular weight is 490 g/mol. The van der Waals surface area contributed by atoms with Gasteiger partial charge in [0.2, 0.25) is 11.8 Å². The van der Waals surface area contributed by atoms with Crippen molar-refractivity contribution in [2.75, 3.05) is 46.4 Å². The molecule has 2 unspecified atom stereocenters. The molecule has 0 aliphatic carbocycles. The van der Waals surface area contributed by atoms with Gasteiger partial charge in [0, 0.05) is 45.1 Å². The van der Waals surface area contributed by atoms with Gasteiger partial charge in [0.15, 0.2) is 0 Å². The predicted octanol–water partition coefficient (Wildman–Crippen LogP) is 4.16. The number of amides is 2. The van der Waals surface area contributed by atoms with Gasteiger partial charge in [-0.3, -0.25) is 9.59 Å². The molecule has 0 bridgehead atoms. The Morgan fingerprint density at radius 2 is 1.67 bits per heavy atom. The van der Waals surface area contributed by atoms with Crippen LogP contribution in [-0.4, -0.2) is 72.9 Å². The number of methoxy groups -OCH3 is 1. The van der Waals surface area contributed by atoms with Crippen LogP contribution in [0.2, 0.25) is 0 Å². The van der Waals surface area contributed by atoms with Crippen molar-refractivity contribution in [3.63, 3.8) is 0 Å². The summed E-state index contributed by atoms with van der Waals surface area (Å²) in [6.07, 6.45) is 3.40. The Labute approximate surface area is 215 Å². The zero-order chi connectivity index (χ0) is 25.1. The van der Waals surface area contributed by atoms with Crippen LogP contribution in [0.25, 0.3) is 0 Å². The second-order valence-electron chi connectivity index (χ2n) is 10.8. The summed E-state index contributed by atoms with van der Waals surface area (Å²) in [5.74, 6) is 2.24. The van der Waals surface area contributed by atoms with Gasteiger partial charge >= 0.3 is 0 Å². The van der Waals surface area contributed by atoms with Crippen molar-refractivity contribution in [2.24, 2.45) is 11.3 Å². The minimum absolute atomic E-state index is 0.193. The Bertz CT molecular complexity index is 1050. The predicted molar refractivity (Wildman–Crippen MR) is 141 cm³/mol. The number of benzene rings is 2. The molecule has 2 aromatic carbocycles. The minimum atomic E-state index is -0.193. The lowest BCUT2D eigenvalue weighted by molar-refractivity contribution is -0.139. The van der Waals surface area contributed by atoms with Gasteiger partial charge in [0.05, 0.1) is 12.5 Å². The van der Waals surface area contributed by atoms with E-state index in [1.807, 2.05) is 24.0 Å². The molecule has 3 aliphatic heterocycles. The summed E-state index contributed by atoms with van der Waals surface area (Å²) >= 11 is 0. The fourth-order valence-electron chi connectivity index (χ4n) is 6.52. The Hall–Kier alpha value is -2.86. The number of hydrogen-bond donors (Lipinski definition) is 0. The Balaban J connectivity index is 1.19. The molecule has 3 aliphatic rings. The third-order valence-corrected chi connectivity index (χ3v) is 8.76. The molecule has 2 aromatic rings. The van der Waals surface area contributed by atoms with E-state index in [9.17, 15) is 9.59 Å². The summed E-state index contributed by atoms with van der Waals surface area (Å²) in [6, 6.07) is 18.7. The normalized spacial score (nSPS) is 24.0. The molecule has 36 heavy (non-hydrogen) atoms. The first kappa shape index (κ1) is 24.8.